The molecular formula is C16H18N4O2. The van der Waals surface area contributed by atoms with Crippen molar-refractivity contribution in [1.82, 2.24) is 15.6 Å². The van der Waals surface area contributed by atoms with Crippen LogP contribution in [0.2, 0.25) is 0 Å². The number of nitrogens with one attached hydrogen (secondary N) is 3. The Bertz CT molecular complexity index is 617. The Morgan fingerprint density at radius 2 is 1.77 bits per heavy atom. The summed E-state index contributed by atoms with van der Waals surface area (Å²) in [5.74, 6) is -0.250. The van der Waals surface area contributed by atoms with E-state index in [0.717, 1.165) is 5.56 Å². The van der Waals surface area contributed by atoms with Crippen molar-refractivity contribution in [1.29, 1.82) is 0 Å². The van der Waals surface area contributed by atoms with Crippen LogP contribution in [-0.2, 0) is 11.3 Å². The van der Waals surface area contributed by atoms with Gasteiger partial charge in [-0.2, -0.15) is 0 Å². The number of benzene rings is 1. The van der Waals surface area contributed by atoms with Crippen molar-refractivity contribution in [2.45, 2.75) is 19.5 Å². The van der Waals surface area contributed by atoms with Crippen LogP contribution in [-0.4, -0.2) is 23.0 Å². The van der Waals surface area contributed by atoms with Gasteiger partial charge in [0.2, 0.25) is 5.91 Å². The van der Waals surface area contributed by atoms with Gasteiger partial charge in [-0.25, -0.2) is 4.79 Å². The van der Waals surface area contributed by atoms with Gasteiger partial charge in [-0.15, -0.1) is 0 Å². The molecule has 0 saturated heterocycles. The summed E-state index contributed by atoms with van der Waals surface area (Å²) in [5, 5.41) is 8.01. The molecule has 1 heterocycles. The number of carbonyl (C=O) groups is 2. The van der Waals surface area contributed by atoms with E-state index in [1.54, 1.807) is 31.5 Å². The van der Waals surface area contributed by atoms with Crippen molar-refractivity contribution in [3.05, 3.63) is 60.4 Å². The van der Waals surface area contributed by atoms with Crippen molar-refractivity contribution < 1.29 is 9.59 Å². The van der Waals surface area contributed by atoms with Crippen LogP contribution in [0.15, 0.2) is 54.9 Å². The van der Waals surface area contributed by atoms with Crippen LogP contribution >= 0.6 is 0 Å². The van der Waals surface area contributed by atoms with Crippen molar-refractivity contribution in [3.8, 4) is 0 Å². The summed E-state index contributed by atoms with van der Waals surface area (Å²) in [6.07, 6.45) is 3.33. The fourth-order valence-electron chi connectivity index (χ4n) is 1.79. The highest BCUT2D eigenvalue weighted by atomic mass is 16.2. The van der Waals surface area contributed by atoms with Gasteiger partial charge in [-0.1, -0.05) is 18.2 Å². The Morgan fingerprint density at radius 3 is 2.45 bits per heavy atom. The fraction of sp³-hybridized carbons (Fsp3) is 0.188. The molecule has 0 aliphatic carbocycles. The zero-order valence-electron chi connectivity index (χ0n) is 12.2. The lowest BCUT2D eigenvalue weighted by Crippen LogP contribution is -2.46. The second-order valence-corrected chi connectivity index (χ2v) is 4.76. The summed E-state index contributed by atoms with van der Waals surface area (Å²) in [6, 6.07) is 11.6. The molecule has 6 heteroatoms. The number of urea groups is 1. The molecule has 0 saturated carbocycles. The Balaban J connectivity index is 1.77. The number of anilines is 1. The summed E-state index contributed by atoms with van der Waals surface area (Å²) in [5.41, 5.74) is 1.62. The van der Waals surface area contributed by atoms with E-state index in [1.807, 2.05) is 30.3 Å². The van der Waals surface area contributed by atoms with Crippen molar-refractivity contribution in [2.24, 2.45) is 0 Å². The van der Waals surface area contributed by atoms with Crippen LogP contribution in [0.1, 0.15) is 12.5 Å². The molecule has 1 atom stereocenters. The highest BCUT2D eigenvalue weighted by Crippen LogP contribution is 2.04. The number of aromatic nitrogens is 1. The first-order valence-corrected chi connectivity index (χ1v) is 6.94. The first-order valence-electron chi connectivity index (χ1n) is 6.94. The third kappa shape index (κ3) is 4.90. The van der Waals surface area contributed by atoms with Gasteiger partial charge in [0, 0.05) is 24.6 Å². The molecule has 0 unspecified atom stereocenters. The van der Waals surface area contributed by atoms with Gasteiger partial charge < -0.3 is 16.0 Å². The van der Waals surface area contributed by atoms with E-state index in [1.165, 1.54) is 0 Å². The molecule has 114 valence electrons. The van der Waals surface area contributed by atoms with Crippen molar-refractivity contribution >= 4 is 17.6 Å². The normalized spacial score (nSPS) is 11.3. The van der Waals surface area contributed by atoms with Gasteiger partial charge in [0.05, 0.1) is 0 Å². The maximum Gasteiger partial charge on any atom is 0.319 e. The molecular weight excluding hydrogens is 280 g/mol. The number of hydrogen-bond donors (Lipinski definition) is 3. The highest BCUT2D eigenvalue weighted by molar-refractivity contribution is 5.93. The van der Waals surface area contributed by atoms with E-state index >= 15 is 0 Å². The number of pyridine rings is 1. The van der Waals surface area contributed by atoms with Gasteiger partial charge in [-0.05, 0) is 36.8 Å². The molecule has 22 heavy (non-hydrogen) atoms. The minimum absolute atomic E-state index is 0.250. The van der Waals surface area contributed by atoms with E-state index in [4.69, 9.17) is 0 Å². The zero-order valence-corrected chi connectivity index (χ0v) is 12.2. The average molecular weight is 298 g/mol. The number of amides is 3. The molecule has 2 rings (SSSR count). The van der Waals surface area contributed by atoms with E-state index in [2.05, 4.69) is 20.9 Å². The molecule has 0 aliphatic rings. The van der Waals surface area contributed by atoms with E-state index in [-0.39, 0.29) is 5.91 Å². The smallest absolute Gasteiger partial charge is 0.319 e. The summed E-state index contributed by atoms with van der Waals surface area (Å²) >= 11 is 0. The Morgan fingerprint density at radius 1 is 1.09 bits per heavy atom. The maximum atomic E-state index is 11.9. The van der Waals surface area contributed by atoms with Crippen LogP contribution < -0.4 is 16.0 Å². The largest absolute Gasteiger partial charge is 0.350 e. The first kappa shape index (κ1) is 15.5. The molecule has 3 N–H and O–H groups in total. The summed E-state index contributed by atoms with van der Waals surface area (Å²) in [4.78, 5) is 27.6. The Hall–Kier alpha value is -2.89. The fourth-order valence-corrected chi connectivity index (χ4v) is 1.79. The third-order valence-electron chi connectivity index (χ3n) is 2.99. The van der Waals surface area contributed by atoms with E-state index < -0.39 is 12.1 Å². The SMILES string of the molecule is C[C@@H](NC(=O)Nc1ccccc1)C(=O)NCc1ccncc1. The van der Waals surface area contributed by atoms with Crippen molar-refractivity contribution in [3.63, 3.8) is 0 Å². The Kier molecular flexibility index (Phi) is 5.48. The molecule has 1 aromatic carbocycles. The molecule has 2 aromatic rings. The Labute approximate surface area is 129 Å². The maximum absolute atomic E-state index is 11.9. The van der Waals surface area contributed by atoms with Gasteiger partial charge >= 0.3 is 6.03 Å². The van der Waals surface area contributed by atoms with Gasteiger partial charge in [-0.3, -0.25) is 9.78 Å². The predicted molar refractivity (Wildman–Crippen MR) is 84.1 cm³/mol. The number of para-hydroxylation sites is 1. The van der Waals surface area contributed by atoms with E-state index in [0.29, 0.717) is 12.2 Å². The van der Waals surface area contributed by atoms with Crippen molar-refractivity contribution in [2.75, 3.05) is 5.32 Å². The molecule has 0 bridgehead atoms. The standard InChI is InChI=1S/C16H18N4O2/c1-12(15(21)18-11-13-7-9-17-10-8-13)19-16(22)20-14-5-3-2-4-6-14/h2-10,12H,11H2,1H3,(H,18,21)(H2,19,20,22)/t12-/m1/s1. The third-order valence-corrected chi connectivity index (χ3v) is 2.99. The van der Waals surface area contributed by atoms with Gasteiger partial charge in [0.1, 0.15) is 6.04 Å². The second kappa shape index (κ2) is 7.78. The molecule has 0 spiro atoms. The molecule has 1 aromatic heterocycles. The number of rotatable bonds is 5. The minimum Gasteiger partial charge on any atom is -0.350 e. The quantitative estimate of drug-likeness (QED) is 0.788. The van der Waals surface area contributed by atoms with E-state index in [9.17, 15) is 9.59 Å². The van der Waals surface area contributed by atoms with Gasteiger partial charge in [0.15, 0.2) is 0 Å². The zero-order chi connectivity index (χ0) is 15.8. The molecule has 0 fully saturated rings. The number of nitrogens with zero attached hydrogens (tertiary/aromatic N) is 1. The topological polar surface area (TPSA) is 83.1 Å². The number of carbonyl (C=O) groups excluding carboxylic acids is 2. The molecule has 3 amide bonds. The average Bonchev–Trinajstić information content (AvgIpc) is 2.54. The predicted octanol–water partition coefficient (Wildman–Crippen LogP) is 1.91. The van der Waals surface area contributed by atoms with Crippen LogP contribution in [0, 0.1) is 0 Å². The lowest BCUT2D eigenvalue weighted by molar-refractivity contribution is -0.122. The van der Waals surface area contributed by atoms with Crippen LogP contribution in [0.25, 0.3) is 0 Å². The van der Waals surface area contributed by atoms with Crippen LogP contribution in [0.5, 0.6) is 0 Å². The second-order valence-electron chi connectivity index (χ2n) is 4.76. The summed E-state index contributed by atoms with van der Waals surface area (Å²) in [7, 11) is 0. The summed E-state index contributed by atoms with van der Waals surface area (Å²) < 4.78 is 0. The summed E-state index contributed by atoms with van der Waals surface area (Å²) in [6.45, 7) is 2.03. The molecule has 0 aliphatic heterocycles. The van der Waals surface area contributed by atoms with Crippen LogP contribution in [0.4, 0.5) is 10.5 Å². The monoisotopic (exact) mass is 298 g/mol. The minimum atomic E-state index is -0.634. The highest BCUT2D eigenvalue weighted by Gasteiger charge is 2.15. The lowest BCUT2D eigenvalue weighted by atomic mass is 10.2. The van der Waals surface area contributed by atoms with Gasteiger partial charge in [0.25, 0.3) is 0 Å². The first-order chi connectivity index (χ1) is 10.6. The number of hydrogen-bond acceptors (Lipinski definition) is 3. The molecule has 6 nitrogen and oxygen atoms in total. The lowest BCUT2D eigenvalue weighted by Gasteiger charge is -2.14. The molecule has 0 radical (unpaired) electrons. The van der Waals surface area contributed by atoms with Crippen LogP contribution in [0.3, 0.4) is 0 Å².